The van der Waals surface area contributed by atoms with Gasteiger partial charge in [-0.25, -0.2) is 14.4 Å². The zero-order valence-corrected chi connectivity index (χ0v) is 18.0. The van der Waals surface area contributed by atoms with Crippen molar-refractivity contribution in [1.29, 1.82) is 5.26 Å². The van der Waals surface area contributed by atoms with Crippen molar-refractivity contribution in [3.63, 3.8) is 0 Å². The Bertz CT molecular complexity index is 1320. The lowest BCUT2D eigenvalue weighted by Crippen LogP contribution is -2.29. The summed E-state index contributed by atoms with van der Waals surface area (Å²) in [6, 6.07) is 6.67. The molecule has 0 amide bonds. The van der Waals surface area contributed by atoms with Crippen molar-refractivity contribution in [3.8, 4) is 17.6 Å². The topological polar surface area (TPSA) is 114 Å². The number of benzene rings is 1. The first-order chi connectivity index (χ1) is 14.6. The highest BCUT2D eigenvalue weighted by Gasteiger charge is 2.23. The van der Waals surface area contributed by atoms with E-state index in [0.717, 1.165) is 10.1 Å². The van der Waals surface area contributed by atoms with E-state index >= 15 is 0 Å². The SMILES string of the molecule is Cc1cc(C#N)cc(Oc2c(C(C)F)nc(Cl)n(Cc3c(C)nc(C)[nH]c3=O)c2=O)c1. The molecule has 0 saturated carbocycles. The second-order valence-electron chi connectivity index (χ2n) is 7.07. The quantitative estimate of drug-likeness (QED) is 0.602. The number of nitrogens with zero attached hydrogens (tertiary/aromatic N) is 4. The molecule has 0 aliphatic carbocycles. The fraction of sp³-hybridized carbons (Fsp3) is 0.286. The highest BCUT2D eigenvalue weighted by atomic mass is 35.5. The van der Waals surface area contributed by atoms with E-state index in [1.54, 1.807) is 32.9 Å². The van der Waals surface area contributed by atoms with Gasteiger partial charge in [0.2, 0.25) is 11.0 Å². The van der Waals surface area contributed by atoms with Gasteiger partial charge in [0, 0.05) is 5.69 Å². The monoisotopic (exact) mass is 443 g/mol. The molecular weight excluding hydrogens is 425 g/mol. The average molecular weight is 444 g/mol. The van der Waals surface area contributed by atoms with Gasteiger partial charge in [0.1, 0.15) is 23.4 Å². The molecule has 0 aliphatic rings. The first kappa shape index (κ1) is 22.2. The zero-order chi connectivity index (χ0) is 22.9. The Balaban J connectivity index is 2.16. The number of aromatic nitrogens is 4. The van der Waals surface area contributed by atoms with Crippen LogP contribution < -0.4 is 15.9 Å². The molecule has 1 unspecified atom stereocenters. The van der Waals surface area contributed by atoms with Gasteiger partial charge >= 0.3 is 0 Å². The van der Waals surface area contributed by atoms with Crippen LogP contribution in [0.4, 0.5) is 4.39 Å². The molecule has 10 heteroatoms. The van der Waals surface area contributed by atoms with Crippen LogP contribution in [0.5, 0.6) is 11.5 Å². The molecule has 0 radical (unpaired) electrons. The molecule has 160 valence electrons. The average Bonchev–Trinajstić information content (AvgIpc) is 2.68. The molecule has 1 aromatic carbocycles. The molecule has 3 rings (SSSR count). The molecule has 0 saturated heterocycles. The van der Waals surface area contributed by atoms with Gasteiger partial charge in [0.15, 0.2) is 0 Å². The number of hydrogen-bond donors (Lipinski definition) is 1. The Morgan fingerprint density at radius 2 is 1.97 bits per heavy atom. The van der Waals surface area contributed by atoms with E-state index in [1.165, 1.54) is 13.0 Å². The van der Waals surface area contributed by atoms with E-state index in [1.807, 2.05) is 6.07 Å². The van der Waals surface area contributed by atoms with Crippen molar-refractivity contribution in [1.82, 2.24) is 19.5 Å². The van der Waals surface area contributed by atoms with Crippen molar-refractivity contribution in [2.75, 3.05) is 0 Å². The summed E-state index contributed by atoms with van der Waals surface area (Å²) < 4.78 is 20.9. The second-order valence-corrected chi connectivity index (χ2v) is 7.40. The van der Waals surface area contributed by atoms with Gasteiger partial charge in [-0.05, 0) is 63.1 Å². The van der Waals surface area contributed by atoms with Crippen molar-refractivity contribution in [3.05, 3.63) is 78.1 Å². The fourth-order valence-electron chi connectivity index (χ4n) is 3.11. The van der Waals surface area contributed by atoms with Crippen LogP contribution in [0.1, 0.15) is 47.0 Å². The maximum absolute atomic E-state index is 14.2. The Hall–Kier alpha value is -3.51. The summed E-state index contributed by atoms with van der Waals surface area (Å²) in [7, 11) is 0. The smallest absolute Gasteiger partial charge is 0.298 e. The lowest BCUT2D eigenvalue weighted by atomic mass is 10.1. The van der Waals surface area contributed by atoms with Gasteiger partial charge in [-0.1, -0.05) is 0 Å². The number of aryl methyl sites for hydroxylation is 3. The molecule has 2 aromatic heterocycles. The van der Waals surface area contributed by atoms with Crippen molar-refractivity contribution in [2.45, 2.75) is 40.4 Å². The molecule has 0 aliphatic heterocycles. The molecule has 0 fully saturated rings. The van der Waals surface area contributed by atoms with Crippen LogP contribution in [-0.4, -0.2) is 19.5 Å². The Morgan fingerprint density at radius 1 is 1.26 bits per heavy atom. The molecule has 8 nitrogen and oxygen atoms in total. The largest absolute Gasteiger partial charge is 0.449 e. The van der Waals surface area contributed by atoms with Gasteiger partial charge in [-0.2, -0.15) is 5.26 Å². The lowest BCUT2D eigenvalue weighted by Gasteiger charge is -2.16. The van der Waals surface area contributed by atoms with Crippen molar-refractivity contribution in [2.24, 2.45) is 0 Å². The number of alkyl halides is 1. The molecule has 3 aromatic rings. The molecule has 1 N–H and O–H groups in total. The van der Waals surface area contributed by atoms with E-state index in [9.17, 15) is 14.0 Å². The van der Waals surface area contributed by atoms with E-state index in [0.29, 0.717) is 17.1 Å². The van der Waals surface area contributed by atoms with Crippen LogP contribution in [0.2, 0.25) is 5.28 Å². The Labute approximate surface area is 181 Å². The first-order valence-electron chi connectivity index (χ1n) is 9.31. The number of nitriles is 1. The van der Waals surface area contributed by atoms with Crippen LogP contribution in [0.15, 0.2) is 27.8 Å². The molecular formula is C21H19ClFN5O3. The number of ether oxygens (including phenoxy) is 1. The van der Waals surface area contributed by atoms with Gasteiger partial charge in [-0.3, -0.25) is 14.2 Å². The number of hydrogen-bond acceptors (Lipinski definition) is 6. The van der Waals surface area contributed by atoms with Crippen LogP contribution >= 0.6 is 11.6 Å². The van der Waals surface area contributed by atoms with Crippen LogP contribution in [-0.2, 0) is 6.54 Å². The van der Waals surface area contributed by atoms with Gasteiger partial charge in [0.05, 0.1) is 23.7 Å². The van der Waals surface area contributed by atoms with Gasteiger partial charge < -0.3 is 9.72 Å². The third-order valence-electron chi connectivity index (χ3n) is 4.54. The normalized spacial score (nSPS) is 11.8. The van der Waals surface area contributed by atoms with E-state index in [-0.39, 0.29) is 34.6 Å². The molecule has 31 heavy (non-hydrogen) atoms. The van der Waals surface area contributed by atoms with E-state index in [2.05, 4.69) is 15.0 Å². The van der Waals surface area contributed by atoms with Crippen molar-refractivity contribution >= 4 is 11.6 Å². The van der Waals surface area contributed by atoms with E-state index < -0.39 is 17.3 Å². The second kappa shape index (κ2) is 8.70. The maximum Gasteiger partial charge on any atom is 0.298 e. The predicted molar refractivity (Wildman–Crippen MR) is 112 cm³/mol. The summed E-state index contributed by atoms with van der Waals surface area (Å²) in [5, 5.41) is 8.87. The first-order valence-corrected chi connectivity index (χ1v) is 9.68. The minimum atomic E-state index is -1.65. The standard InChI is InChI=1S/C21H19ClFN5O3/c1-10-5-14(8-24)7-15(6-10)31-18-17(11(2)23)27-21(22)28(20(18)30)9-16-12(3)25-13(4)26-19(16)29/h5-7,11H,9H2,1-4H3,(H,25,26,29). The summed E-state index contributed by atoms with van der Waals surface area (Å²) in [5.41, 5.74) is 0.213. The summed E-state index contributed by atoms with van der Waals surface area (Å²) in [5.74, 6) is 0.237. The van der Waals surface area contributed by atoms with E-state index in [4.69, 9.17) is 21.6 Å². The number of H-pyrrole nitrogens is 1. The highest BCUT2D eigenvalue weighted by Crippen LogP contribution is 2.29. The minimum absolute atomic E-state index is 0.178. The zero-order valence-electron chi connectivity index (χ0n) is 17.3. The minimum Gasteiger partial charge on any atom is -0.449 e. The third-order valence-corrected chi connectivity index (χ3v) is 4.83. The number of halogens is 2. The summed E-state index contributed by atoms with van der Waals surface area (Å²) >= 11 is 6.17. The number of nitrogens with one attached hydrogen (secondary N) is 1. The number of rotatable bonds is 5. The Morgan fingerprint density at radius 3 is 2.58 bits per heavy atom. The molecule has 2 heterocycles. The third kappa shape index (κ3) is 4.64. The fourth-order valence-corrected chi connectivity index (χ4v) is 3.34. The summed E-state index contributed by atoms with van der Waals surface area (Å²) in [6.07, 6.45) is -1.65. The maximum atomic E-state index is 14.2. The van der Waals surface area contributed by atoms with Gasteiger partial charge in [0.25, 0.3) is 11.1 Å². The van der Waals surface area contributed by atoms with Crippen LogP contribution in [0.25, 0.3) is 0 Å². The van der Waals surface area contributed by atoms with Gasteiger partial charge in [-0.15, -0.1) is 0 Å². The molecule has 1 atom stereocenters. The van der Waals surface area contributed by atoms with Crippen LogP contribution in [0, 0.1) is 32.1 Å². The Kier molecular flexibility index (Phi) is 6.22. The lowest BCUT2D eigenvalue weighted by molar-refractivity contribution is 0.344. The van der Waals surface area contributed by atoms with Crippen molar-refractivity contribution < 1.29 is 9.13 Å². The summed E-state index contributed by atoms with van der Waals surface area (Å²) in [6.45, 7) is 6.00. The summed E-state index contributed by atoms with van der Waals surface area (Å²) in [4.78, 5) is 36.3. The van der Waals surface area contributed by atoms with Crippen LogP contribution in [0.3, 0.4) is 0 Å². The molecule has 0 bridgehead atoms. The number of aromatic amines is 1. The molecule has 0 spiro atoms. The highest BCUT2D eigenvalue weighted by molar-refractivity contribution is 6.28. The predicted octanol–water partition coefficient (Wildman–Crippen LogP) is 3.65.